The number of hydrogen-bond acceptors (Lipinski definition) is 7. The van der Waals surface area contributed by atoms with Crippen LogP contribution in [0.5, 0.6) is 11.6 Å². The molecular weight excluding hydrogens is 334 g/mol. The van der Waals surface area contributed by atoms with Crippen LogP contribution in [0.3, 0.4) is 0 Å². The summed E-state index contributed by atoms with van der Waals surface area (Å²) in [5.74, 6) is 2.52. The van der Waals surface area contributed by atoms with E-state index in [-0.39, 0.29) is 6.10 Å². The highest BCUT2D eigenvalue weighted by Gasteiger charge is 2.34. The molecule has 2 fully saturated rings. The first-order chi connectivity index (χ1) is 12.7. The minimum absolute atomic E-state index is 0.330. The standard InChI is InChI=1S/C18H25N5O3/c1-22-9-14(6-20-22)26-16-11-23(10-15(16)24)17-7-19-8-18(21-17)25-12-13-4-2-3-5-13/h6-9,13,15-16,24H,2-5,10-12H2,1H3/t15-,16-/m1/s1. The van der Waals surface area contributed by atoms with Gasteiger partial charge in [0.05, 0.1) is 37.9 Å². The molecule has 0 bridgehead atoms. The number of hydrogen-bond donors (Lipinski definition) is 1. The van der Waals surface area contributed by atoms with Crippen LogP contribution in [0.2, 0.25) is 0 Å². The third-order valence-electron chi connectivity index (χ3n) is 5.07. The van der Waals surface area contributed by atoms with Gasteiger partial charge in [-0.3, -0.25) is 9.67 Å². The fourth-order valence-corrected chi connectivity index (χ4v) is 3.63. The SMILES string of the molecule is Cn1cc(O[C@@H]2CN(c3cncc(OCC4CCCC4)n3)C[C@H]2O)cn1. The van der Waals surface area contributed by atoms with E-state index in [1.54, 1.807) is 29.5 Å². The number of β-amino-alcohol motifs (C(OH)–C–C–N with tert-alkyl or cyclic N) is 1. The highest BCUT2D eigenvalue weighted by atomic mass is 16.5. The molecule has 8 heteroatoms. The van der Waals surface area contributed by atoms with Gasteiger partial charge in [0, 0.05) is 13.6 Å². The van der Waals surface area contributed by atoms with Crippen LogP contribution in [0.15, 0.2) is 24.8 Å². The van der Waals surface area contributed by atoms with Crippen LogP contribution in [0, 0.1) is 5.92 Å². The van der Waals surface area contributed by atoms with Crippen molar-refractivity contribution >= 4 is 5.82 Å². The molecule has 8 nitrogen and oxygen atoms in total. The van der Waals surface area contributed by atoms with E-state index >= 15 is 0 Å². The zero-order valence-corrected chi connectivity index (χ0v) is 15.0. The zero-order chi connectivity index (χ0) is 17.9. The summed E-state index contributed by atoms with van der Waals surface area (Å²) < 4.78 is 13.4. The van der Waals surface area contributed by atoms with Crippen molar-refractivity contribution in [1.82, 2.24) is 19.7 Å². The minimum Gasteiger partial charge on any atom is -0.482 e. The lowest BCUT2D eigenvalue weighted by molar-refractivity contribution is 0.0737. The van der Waals surface area contributed by atoms with E-state index in [2.05, 4.69) is 15.1 Å². The largest absolute Gasteiger partial charge is 0.482 e. The highest BCUT2D eigenvalue weighted by molar-refractivity contribution is 5.40. The molecule has 4 rings (SSSR count). The third kappa shape index (κ3) is 3.90. The maximum atomic E-state index is 10.3. The number of nitrogens with zero attached hydrogens (tertiary/aromatic N) is 5. The second kappa shape index (κ2) is 7.49. The molecular formula is C18H25N5O3. The summed E-state index contributed by atoms with van der Waals surface area (Å²) in [6.45, 7) is 1.69. The molecule has 0 aromatic carbocycles. The summed E-state index contributed by atoms with van der Waals surface area (Å²) >= 11 is 0. The molecule has 2 atom stereocenters. The Morgan fingerprint density at radius 2 is 2.04 bits per heavy atom. The van der Waals surface area contributed by atoms with Gasteiger partial charge in [0.2, 0.25) is 5.88 Å². The number of aliphatic hydroxyl groups excluding tert-OH is 1. The Balaban J connectivity index is 1.37. The Morgan fingerprint density at radius 1 is 1.19 bits per heavy atom. The number of aryl methyl sites for hydroxylation is 1. The molecule has 2 aromatic rings. The van der Waals surface area contributed by atoms with Gasteiger partial charge in [0.1, 0.15) is 12.2 Å². The molecule has 0 amide bonds. The Hall–Kier alpha value is -2.35. The number of rotatable bonds is 6. The van der Waals surface area contributed by atoms with Gasteiger partial charge in [0.25, 0.3) is 0 Å². The van der Waals surface area contributed by atoms with Crippen molar-refractivity contribution in [3.8, 4) is 11.6 Å². The van der Waals surface area contributed by atoms with Gasteiger partial charge < -0.3 is 19.5 Å². The van der Waals surface area contributed by atoms with E-state index in [0.29, 0.717) is 43.1 Å². The van der Waals surface area contributed by atoms with Crippen molar-refractivity contribution < 1.29 is 14.6 Å². The van der Waals surface area contributed by atoms with Crippen molar-refractivity contribution in [2.45, 2.75) is 37.9 Å². The normalized spacial score (nSPS) is 23.5. The summed E-state index contributed by atoms with van der Waals surface area (Å²) in [6, 6.07) is 0. The maximum Gasteiger partial charge on any atom is 0.234 e. The average molecular weight is 359 g/mol. The molecule has 140 valence electrons. The first-order valence-electron chi connectivity index (χ1n) is 9.20. The summed E-state index contributed by atoms with van der Waals surface area (Å²) in [7, 11) is 1.83. The van der Waals surface area contributed by atoms with Crippen molar-refractivity contribution in [2.24, 2.45) is 13.0 Å². The fourth-order valence-electron chi connectivity index (χ4n) is 3.63. The first kappa shape index (κ1) is 17.1. The molecule has 1 saturated carbocycles. The lowest BCUT2D eigenvalue weighted by Gasteiger charge is -2.18. The van der Waals surface area contributed by atoms with Crippen molar-refractivity contribution in [3.63, 3.8) is 0 Å². The summed E-state index contributed by atoms with van der Waals surface area (Å²) in [4.78, 5) is 10.8. The number of aliphatic hydroxyl groups is 1. The molecule has 2 aliphatic rings. The van der Waals surface area contributed by atoms with Crippen LogP contribution in [0.4, 0.5) is 5.82 Å². The number of anilines is 1. The highest BCUT2D eigenvalue weighted by Crippen LogP contribution is 2.26. The van der Waals surface area contributed by atoms with Crippen LogP contribution in [-0.2, 0) is 7.05 Å². The van der Waals surface area contributed by atoms with Gasteiger partial charge in [-0.05, 0) is 18.8 Å². The second-order valence-corrected chi connectivity index (χ2v) is 7.16. The zero-order valence-electron chi connectivity index (χ0n) is 15.0. The minimum atomic E-state index is -0.597. The van der Waals surface area contributed by atoms with Gasteiger partial charge in [-0.2, -0.15) is 10.1 Å². The van der Waals surface area contributed by atoms with Crippen LogP contribution in [-0.4, -0.2) is 56.8 Å². The van der Waals surface area contributed by atoms with E-state index < -0.39 is 6.10 Å². The van der Waals surface area contributed by atoms with Crippen LogP contribution >= 0.6 is 0 Å². The number of aromatic nitrogens is 4. The summed E-state index contributed by atoms with van der Waals surface area (Å²) in [5, 5.41) is 14.4. The van der Waals surface area contributed by atoms with Gasteiger partial charge in [-0.1, -0.05) is 12.8 Å². The predicted octanol–water partition coefficient (Wildman–Crippen LogP) is 1.41. The Labute approximate surface area is 152 Å². The molecule has 0 radical (unpaired) electrons. The lowest BCUT2D eigenvalue weighted by Crippen LogP contribution is -2.29. The van der Waals surface area contributed by atoms with Crippen LogP contribution < -0.4 is 14.4 Å². The van der Waals surface area contributed by atoms with Gasteiger partial charge in [0.15, 0.2) is 11.6 Å². The van der Waals surface area contributed by atoms with Gasteiger partial charge in [-0.25, -0.2) is 0 Å². The molecule has 0 spiro atoms. The van der Waals surface area contributed by atoms with E-state index in [0.717, 1.165) is 0 Å². The molecule has 1 saturated heterocycles. The Bertz CT molecular complexity index is 731. The molecule has 1 aliphatic heterocycles. The van der Waals surface area contributed by atoms with E-state index in [1.165, 1.54) is 25.7 Å². The third-order valence-corrected chi connectivity index (χ3v) is 5.07. The molecule has 1 aliphatic carbocycles. The molecule has 2 aromatic heterocycles. The van der Waals surface area contributed by atoms with E-state index in [9.17, 15) is 5.11 Å². The maximum absolute atomic E-state index is 10.3. The first-order valence-corrected chi connectivity index (χ1v) is 9.20. The van der Waals surface area contributed by atoms with Crippen LogP contribution in [0.25, 0.3) is 0 Å². The van der Waals surface area contributed by atoms with Crippen molar-refractivity contribution in [2.75, 3.05) is 24.6 Å². The monoisotopic (exact) mass is 359 g/mol. The van der Waals surface area contributed by atoms with Gasteiger partial charge in [-0.15, -0.1) is 0 Å². The van der Waals surface area contributed by atoms with Crippen molar-refractivity contribution in [3.05, 3.63) is 24.8 Å². The summed E-state index contributed by atoms with van der Waals surface area (Å²) in [5.41, 5.74) is 0. The van der Waals surface area contributed by atoms with E-state index in [1.807, 2.05) is 11.9 Å². The van der Waals surface area contributed by atoms with Crippen molar-refractivity contribution in [1.29, 1.82) is 0 Å². The quantitative estimate of drug-likeness (QED) is 0.834. The fraction of sp³-hybridized carbons (Fsp3) is 0.611. The lowest BCUT2D eigenvalue weighted by atomic mass is 10.1. The Kier molecular flexibility index (Phi) is 4.92. The second-order valence-electron chi connectivity index (χ2n) is 7.16. The molecule has 26 heavy (non-hydrogen) atoms. The molecule has 3 heterocycles. The topological polar surface area (TPSA) is 85.5 Å². The molecule has 1 N–H and O–H groups in total. The average Bonchev–Trinajstić information content (AvgIpc) is 3.37. The van der Waals surface area contributed by atoms with E-state index in [4.69, 9.17) is 9.47 Å². The molecule has 0 unspecified atom stereocenters. The van der Waals surface area contributed by atoms with Gasteiger partial charge >= 0.3 is 0 Å². The van der Waals surface area contributed by atoms with Crippen LogP contribution in [0.1, 0.15) is 25.7 Å². The Morgan fingerprint density at radius 3 is 2.81 bits per heavy atom. The number of ether oxygens (including phenoxy) is 2. The smallest absolute Gasteiger partial charge is 0.234 e. The predicted molar refractivity (Wildman–Crippen MR) is 95.3 cm³/mol. The summed E-state index contributed by atoms with van der Waals surface area (Å²) in [6.07, 6.45) is 10.9.